The van der Waals surface area contributed by atoms with Crippen molar-refractivity contribution in [2.45, 2.75) is 17.7 Å². The number of Topliss-reactive ketones (excluding diaryl/α,β-unsaturated/α-hetero) is 1. The molecule has 0 bridgehead atoms. The molecule has 0 N–H and O–H groups in total. The number of halogens is 2. The van der Waals surface area contributed by atoms with E-state index >= 15 is 0 Å². The van der Waals surface area contributed by atoms with E-state index in [2.05, 4.69) is 4.98 Å². The molecule has 3 rings (SSSR count). The van der Waals surface area contributed by atoms with Gasteiger partial charge in [-0.3, -0.25) is 4.79 Å². The van der Waals surface area contributed by atoms with Crippen molar-refractivity contribution in [3.63, 3.8) is 0 Å². The van der Waals surface area contributed by atoms with Crippen molar-refractivity contribution in [1.29, 1.82) is 0 Å². The van der Waals surface area contributed by atoms with Gasteiger partial charge in [-0.15, -0.1) is 0 Å². The first-order valence-corrected chi connectivity index (χ1v) is 9.99. The summed E-state index contributed by atoms with van der Waals surface area (Å²) in [4.78, 5) is 16.6. The second-order valence-electron chi connectivity index (χ2n) is 5.89. The summed E-state index contributed by atoms with van der Waals surface area (Å²) in [5.41, 5.74) is 0.543. The molecule has 1 atom stereocenters. The van der Waals surface area contributed by atoms with Crippen LogP contribution in [0.2, 0.25) is 10.2 Å². The van der Waals surface area contributed by atoms with E-state index in [4.69, 9.17) is 23.2 Å². The van der Waals surface area contributed by atoms with Crippen LogP contribution in [0, 0.1) is 5.92 Å². The highest BCUT2D eigenvalue weighted by Crippen LogP contribution is 2.26. The van der Waals surface area contributed by atoms with Crippen LogP contribution in [0.15, 0.2) is 47.5 Å². The Hall–Kier alpha value is -1.47. The van der Waals surface area contributed by atoms with Gasteiger partial charge in [0.15, 0.2) is 5.78 Å². The molecule has 1 fully saturated rings. The molecule has 0 spiro atoms. The lowest BCUT2D eigenvalue weighted by molar-refractivity contribution is 0.0872. The Balaban J connectivity index is 1.79. The summed E-state index contributed by atoms with van der Waals surface area (Å²) < 4.78 is 26.9. The minimum Gasteiger partial charge on any atom is -0.294 e. The van der Waals surface area contributed by atoms with Crippen LogP contribution in [0.5, 0.6) is 0 Å². The second kappa shape index (κ2) is 7.41. The third-order valence-corrected chi connectivity index (χ3v) is 6.55. The molecular weight excluding hydrogens is 383 g/mol. The highest BCUT2D eigenvalue weighted by molar-refractivity contribution is 7.89. The van der Waals surface area contributed by atoms with E-state index in [0.717, 1.165) is 0 Å². The first kappa shape index (κ1) is 18.3. The SMILES string of the molecule is O=C(c1ccc(Cl)cc1)C1CCCN(S(=O)(=O)c2ccc(Cl)nc2)C1. The van der Waals surface area contributed by atoms with Crippen molar-refractivity contribution in [2.24, 2.45) is 5.92 Å². The van der Waals surface area contributed by atoms with E-state index in [9.17, 15) is 13.2 Å². The van der Waals surface area contributed by atoms with Gasteiger partial charge in [-0.2, -0.15) is 4.31 Å². The molecule has 2 aromatic rings. The van der Waals surface area contributed by atoms with E-state index in [1.807, 2.05) is 0 Å². The number of nitrogens with zero attached hydrogens (tertiary/aromatic N) is 2. The lowest BCUT2D eigenvalue weighted by Crippen LogP contribution is -2.42. The standard InChI is InChI=1S/C17H16Cl2N2O3S/c18-14-5-3-12(4-6-14)17(22)13-2-1-9-21(11-13)25(23,24)15-7-8-16(19)20-10-15/h3-8,10,13H,1-2,9,11H2. The minimum absolute atomic E-state index is 0.0641. The number of aromatic nitrogens is 1. The zero-order chi connectivity index (χ0) is 18.0. The maximum atomic E-state index is 12.8. The molecule has 0 aliphatic carbocycles. The summed E-state index contributed by atoms with van der Waals surface area (Å²) in [6, 6.07) is 9.52. The van der Waals surface area contributed by atoms with Gasteiger partial charge in [0.2, 0.25) is 10.0 Å². The molecular formula is C17H16Cl2N2O3S. The van der Waals surface area contributed by atoms with Crippen LogP contribution in [0.4, 0.5) is 0 Å². The zero-order valence-electron chi connectivity index (χ0n) is 13.2. The molecule has 1 aliphatic heterocycles. The highest BCUT2D eigenvalue weighted by Gasteiger charge is 2.33. The molecule has 2 heterocycles. The summed E-state index contributed by atoms with van der Waals surface area (Å²) in [5.74, 6) is -0.434. The summed E-state index contributed by atoms with van der Waals surface area (Å²) in [5, 5.41) is 0.785. The van der Waals surface area contributed by atoms with E-state index in [0.29, 0.717) is 30.0 Å². The van der Waals surface area contributed by atoms with Gasteiger partial charge in [-0.25, -0.2) is 13.4 Å². The summed E-state index contributed by atoms with van der Waals surface area (Å²) in [6.45, 7) is 0.543. The number of rotatable bonds is 4. The third-order valence-electron chi connectivity index (χ3n) is 4.22. The molecule has 8 heteroatoms. The number of piperidine rings is 1. The highest BCUT2D eigenvalue weighted by atomic mass is 35.5. The second-order valence-corrected chi connectivity index (χ2v) is 8.65. The summed E-state index contributed by atoms with van der Waals surface area (Å²) in [6.07, 6.45) is 2.53. The van der Waals surface area contributed by atoms with Gasteiger partial charge in [0, 0.05) is 35.8 Å². The summed E-state index contributed by atoms with van der Waals surface area (Å²) in [7, 11) is -3.70. The fourth-order valence-electron chi connectivity index (χ4n) is 2.89. The quantitative estimate of drug-likeness (QED) is 0.581. The van der Waals surface area contributed by atoms with Gasteiger partial charge >= 0.3 is 0 Å². The molecule has 1 aromatic heterocycles. The van der Waals surface area contributed by atoms with Gasteiger partial charge in [0.1, 0.15) is 10.0 Å². The van der Waals surface area contributed by atoms with Gasteiger partial charge in [-0.05, 0) is 49.2 Å². The van der Waals surface area contributed by atoms with Crippen molar-refractivity contribution in [3.05, 3.63) is 58.3 Å². The Morgan fingerprint density at radius 2 is 1.84 bits per heavy atom. The lowest BCUT2D eigenvalue weighted by Gasteiger charge is -2.31. The molecule has 5 nitrogen and oxygen atoms in total. The van der Waals surface area contributed by atoms with Gasteiger partial charge < -0.3 is 0 Å². The number of hydrogen-bond acceptors (Lipinski definition) is 4. The number of carbonyl (C=O) groups is 1. The third kappa shape index (κ3) is 4.03. The van der Waals surface area contributed by atoms with E-state index in [1.54, 1.807) is 24.3 Å². The van der Waals surface area contributed by atoms with Crippen LogP contribution >= 0.6 is 23.2 Å². The Morgan fingerprint density at radius 1 is 1.12 bits per heavy atom. The first-order valence-electron chi connectivity index (χ1n) is 7.79. The number of hydrogen-bond donors (Lipinski definition) is 0. The van der Waals surface area contributed by atoms with E-state index in [1.165, 1.54) is 22.6 Å². The largest absolute Gasteiger partial charge is 0.294 e. The molecule has 1 saturated heterocycles. The molecule has 0 amide bonds. The average Bonchev–Trinajstić information content (AvgIpc) is 2.62. The Bertz CT molecular complexity index is 868. The Kier molecular flexibility index (Phi) is 5.43. The number of ketones is 1. The van der Waals surface area contributed by atoms with Crippen molar-refractivity contribution in [2.75, 3.05) is 13.1 Å². The van der Waals surface area contributed by atoms with Crippen LogP contribution in [0.3, 0.4) is 0 Å². The maximum Gasteiger partial charge on any atom is 0.244 e. The van der Waals surface area contributed by atoms with Crippen LogP contribution < -0.4 is 0 Å². The molecule has 0 saturated carbocycles. The minimum atomic E-state index is -3.70. The first-order chi connectivity index (χ1) is 11.9. The summed E-state index contributed by atoms with van der Waals surface area (Å²) >= 11 is 11.6. The van der Waals surface area contributed by atoms with Gasteiger partial charge in [0.25, 0.3) is 0 Å². The molecule has 132 valence electrons. The average molecular weight is 399 g/mol. The van der Waals surface area contributed by atoms with Crippen LogP contribution in [0.1, 0.15) is 23.2 Å². The molecule has 1 aliphatic rings. The normalized spacial score (nSPS) is 18.9. The topological polar surface area (TPSA) is 67.3 Å². The van der Waals surface area contributed by atoms with Crippen LogP contribution in [-0.2, 0) is 10.0 Å². The van der Waals surface area contributed by atoms with E-state index in [-0.39, 0.29) is 28.3 Å². The van der Waals surface area contributed by atoms with Crippen molar-refractivity contribution in [3.8, 4) is 0 Å². The zero-order valence-corrected chi connectivity index (χ0v) is 15.6. The van der Waals surface area contributed by atoms with Crippen LogP contribution in [-0.4, -0.2) is 36.6 Å². The van der Waals surface area contributed by atoms with Crippen molar-refractivity contribution < 1.29 is 13.2 Å². The van der Waals surface area contributed by atoms with E-state index < -0.39 is 10.0 Å². The Morgan fingerprint density at radius 3 is 2.48 bits per heavy atom. The molecule has 0 radical (unpaired) electrons. The number of pyridine rings is 1. The van der Waals surface area contributed by atoms with Gasteiger partial charge in [-0.1, -0.05) is 23.2 Å². The van der Waals surface area contributed by atoms with Crippen molar-refractivity contribution >= 4 is 39.0 Å². The number of sulfonamides is 1. The maximum absolute atomic E-state index is 12.8. The lowest BCUT2D eigenvalue weighted by atomic mass is 9.91. The molecule has 1 unspecified atom stereocenters. The van der Waals surface area contributed by atoms with Crippen molar-refractivity contribution in [1.82, 2.24) is 9.29 Å². The predicted octanol–water partition coefficient (Wildman–Crippen LogP) is 3.67. The number of benzene rings is 1. The number of carbonyl (C=O) groups excluding carboxylic acids is 1. The smallest absolute Gasteiger partial charge is 0.244 e. The Labute approximate surface area is 156 Å². The fraction of sp³-hybridized carbons (Fsp3) is 0.294. The fourth-order valence-corrected chi connectivity index (χ4v) is 4.60. The van der Waals surface area contributed by atoms with Crippen LogP contribution in [0.25, 0.3) is 0 Å². The molecule has 1 aromatic carbocycles. The molecule has 25 heavy (non-hydrogen) atoms. The van der Waals surface area contributed by atoms with Gasteiger partial charge in [0.05, 0.1) is 0 Å². The monoisotopic (exact) mass is 398 g/mol. The predicted molar refractivity (Wildman–Crippen MR) is 96.5 cm³/mol.